The van der Waals surface area contributed by atoms with Crippen LogP contribution in [0.1, 0.15) is 36.5 Å². The number of amides is 1. The van der Waals surface area contributed by atoms with Gasteiger partial charge in [0, 0.05) is 31.0 Å². The number of ether oxygens (including phenoxy) is 4. The summed E-state index contributed by atoms with van der Waals surface area (Å²) in [5.74, 6) is 1.84. The molecule has 1 fully saturated rings. The highest BCUT2D eigenvalue weighted by Gasteiger charge is 2.45. The Morgan fingerprint density at radius 2 is 1.78 bits per heavy atom. The highest BCUT2D eigenvalue weighted by Crippen LogP contribution is 2.47. The second-order valence-electron chi connectivity index (χ2n) is 8.10. The summed E-state index contributed by atoms with van der Waals surface area (Å²) < 4.78 is 23.0. The van der Waals surface area contributed by atoms with E-state index in [9.17, 15) is 9.59 Å². The Bertz CT molecular complexity index is 1010. The molecule has 1 atom stereocenters. The van der Waals surface area contributed by atoms with Gasteiger partial charge in [-0.3, -0.25) is 9.59 Å². The summed E-state index contributed by atoms with van der Waals surface area (Å²) in [6.45, 7) is 2.68. The number of methoxy groups -OCH3 is 2. The fourth-order valence-corrected chi connectivity index (χ4v) is 4.42. The number of nitrogens with zero attached hydrogens (tertiary/aromatic N) is 1. The van der Waals surface area contributed by atoms with Crippen LogP contribution in [0.25, 0.3) is 0 Å². The molecule has 1 saturated heterocycles. The Balaban J connectivity index is 1.44. The maximum Gasteiger partial charge on any atom is 0.263 e. The predicted molar refractivity (Wildman–Crippen MR) is 119 cm³/mol. The predicted octanol–water partition coefficient (Wildman–Crippen LogP) is 4.15. The van der Waals surface area contributed by atoms with E-state index in [4.69, 9.17) is 30.5 Å². The fraction of sp³-hybridized carbons (Fsp3) is 0.417. The first kappa shape index (κ1) is 22.3. The van der Waals surface area contributed by atoms with Gasteiger partial charge < -0.3 is 23.8 Å². The van der Waals surface area contributed by atoms with E-state index in [-0.39, 0.29) is 18.1 Å². The van der Waals surface area contributed by atoms with Gasteiger partial charge in [-0.05, 0) is 43.3 Å². The number of carbonyl (C=O) groups excluding carboxylic acids is 2. The Morgan fingerprint density at radius 3 is 2.41 bits per heavy atom. The van der Waals surface area contributed by atoms with Gasteiger partial charge in [0.1, 0.15) is 11.4 Å². The maximum atomic E-state index is 12.9. The van der Waals surface area contributed by atoms with E-state index in [2.05, 4.69) is 0 Å². The molecule has 170 valence electrons. The summed E-state index contributed by atoms with van der Waals surface area (Å²) >= 11 is 5.90. The molecule has 0 N–H and O–H groups in total. The highest BCUT2D eigenvalue weighted by molar-refractivity contribution is 6.30. The summed E-state index contributed by atoms with van der Waals surface area (Å²) in [4.78, 5) is 27.6. The minimum Gasteiger partial charge on any atom is -0.493 e. The first-order valence-corrected chi connectivity index (χ1v) is 10.9. The van der Waals surface area contributed by atoms with Gasteiger partial charge >= 0.3 is 0 Å². The van der Waals surface area contributed by atoms with Crippen LogP contribution in [-0.4, -0.2) is 55.6 Å². The Morgan fingerprint density at radius 1 is 1.09 bits per heavy atom. The minimum atomic E-state index is -0.666. The molecule has 2 aliphatic heterocycles. The molecular weight excluding hydrogens is 434 g/mol. The molecule has 1 spiro atoms. The number of piperidine rings is 1. The van der Waals surface area contributed by atoms with Crippen molar-refractivity contribution < 1.29 is 28.5 Å². The number of fused-ring (bicyclic) bond motifs is 1. The molecule has 2 aromatic carbocycles. The number of carbonyl (C=O) groups is 2. The SMILES string of the molecule is COc1ccc2c(c1OC)OC1(CCN(C(=O)C(C)Oc3ccc(Cl)cc3)CC1)CC2=O. The van der Waals surface area contributed by atoms with Crippen LogP contribution in [0, 0.1) is 0 Å². The van der Waals surface area contributed by atoms with Gasteiger partial charge in [-0.2, -0.15) is 0 Å². The first-order valence-electron chi connectivity index (χ1n) is 10.5. The van der Waals surface area contributed by atoms with Crippen molar-refractivity contribution in [3.05, 3.63) is 47.0 Å². The van der Waals surface area contributed by atoms with Gasteiger partial charge in [0.25, 0.3) is 5.91 Å². The quantitative estimate of drug-likeness (QED) is 0.668. The third kappa shape index (κ3) is 4.21. The molecule has 1 unspecified atom stereocenters. The Kier molecular flexibility index (Phi) is 6.20. The lowest BCUT2D eigenvalue weighted by Crippen LogP contribution is -2.54. The smallest absolute Gasteiger partial charge is 0.263 e. The van der Waals surface area contributed by atoms with Gasteiger partial charge in [-0.25, -0.2) is 0 Å². The third-order valence-electron chi connectivity index (χ3n) is 6.06. The molecule has 2 heterocycles. The lowest BCUT2D eigenvalue weighted by atomic mass is 9.82. The van der Waals surface area contributed by atoms with Crippen LogP contribution >= 0.6 is 11.6 Å². The number of likely N-dealkylation sites (tertiary alicyclic amines) is 1. The highest BCUT2D eigenvalue weighted by atomic mass is 35.5. The van der Waals surface area contributed by atoms with Crippen molar-refractivity contribution in [2.24, 2.45) is 0 Å². The van der Waals surface area contributed by atoms with E-state index in [0.717, 1.165) is 0 Å². The molecule has 0 aromatic heterocycles. The van der Waals surface area contributed by atoms with Crippen molar-refractivity contribution in [2.75, 3.05) is 27.3 Å². The van der Waals surface area contributed by atoms with Gasteiger partial charge in [0.2, 0.25) is 5.75 Å². The second kappa shape index (κ2) is 8.90. The number of hydrogen-bond acceptors (Lipinski definition) is 6. The van der Waals surface area contributed by atoms with Crippen molar-refractivity contribution in [1.29, 1.82) is 0 Å². The number of benzene rings is 2. The zero-order valence-electron chi connectivity index (χ0n) is 18.4. The molecule has 2 aromatic rings. The topological polar surface area (TPSA) is 74.3 Å². The summed E-state index contributed by atoms with van der Waals surface area (Å²) in [7, 11) is 3.07. The van der Waals surface area contributed by atoms with E-state index in [0.29, 0.717) is 59.5 Å². The summed E-state index contributed by atoms with van der Waals surface area (Å²) in [6.07, 6.45) is 0.716. The second-order valence-corrected chi connectivity index (χ2v) is 8.54. The molecule has 0 radical (unpaired) electrons. The van der Waals surface area contributed by atoms with E-state index in [1.54, 1.807) is 55.3 Å². The van der Waals surface area contributed by atoms with Crippen LogP contribution < -0.4 is 18.9 Å². The van der Waals surface area contributed by atoms with Crippen LogP contribution in [0.3, 0.4) is 0 Å². The molecule has 7 nitrogen and oxygen atoms in total. The lowest BCUT2D eigenvalue weighted by Gasteiger charge is -2.44. The average molecular weight is 460 g/mol. The minimum absolute atomic E-state index is 0.00594. The van der Waals surface area contributed by atoms with Crippen molar-refractivity contribution in [2.45, 2.75) is 37.9 Å². The van der Waals surface area contributed by atoms with Gasteiger partial charge in [-0.1, -0.05) is 11.6 Å². The molecule has 4 rings (SSSR count). The lowest BCUT2D eigenvalue weighted by molar-refractivity contribution is -0.141. The van der Waals surface area contributed by atoms with Crippen LogP contribution in [0.5, 0.6) is 23.0 Å². The van der Waals surface area contributed by atoms with Crippen LogP contribution in [0.4, 0.5) is 0 Å². The van der Waals surface area contributed by atoms with Gasteiger partial charge in [0.15, 0.2) is 23.4 Å². The van der Waals surface area contributed by atoms with Crippen LogP contribution in [0.2, 0.25) is 5.02 Å². The average Bonchev–Trinajstić information content (AvgIpc) is 2.79. The molecule has 0 aliphatic carbocycles. The maximum absolute atomic E-state index is 12.9. The monoisotopic (exact) mass is 459 g/mol. The Labute approximate surface area is 192 Å². The molecule has 8 heteroatoms. The third-order valence-corrected chi connectivity index (χ3v) is 6.31. The van der Waals surface area contributed by atoms with Crippen molar-refractivity contribution in [3.8, 4) is 23.0 Å². The molecule has 0 saturated carbocycles. The largest absolute Gasteiger partial charge is 0.493 e. The van der Waals surface area contributed by atoms with E-state index in [1.165, 1.54) is 7.11 Å². The summed E-state index contributed by atoms with van der Waals surface area (Å²) in [6, 6.07) is 10.3. The molecule has 32 heavy (non-hydrogen) atoms. The number of rotatable bonds is 5. The standard InChI is InChI=1S/C24H26ClNO6/c1-15(31-17-6-4-16(25)5-7-17)23(28)26-12-10-24(11-13-26)14-19(27)18-8-9-20(29-2)22(30-3)21(18)32-24/h4-9,15H,10-14H2,1-3H3. The molecule has 1 amide bonds. The number of halogens is 1. The Hall–Kier alpha value is -2.93. The molecular formula is C24H26ClNO6. The number of hydrogen-bond donors (Lipinski definition) is 0. The summed E-state index contributed by atoms with van der Waals surface area (Å²) in [5.41, 5.74) is -0.169. The molecule has 0 bridgehead atoms. The normalized spacial score (nSPS) is 17.9. The zero-order valence-corrected chi connectivity index (χ0v) is 19.1. The fourth-order valence-electron chi connectivity index (χ4n) is 4.30. The zero-order chi connectivity index (χ0) is 22.9. The van der Waals surface area contributed by atoms with E-state index < -0.39 is 11.7 Å². The van der Waals surface area contributed by atoms with Crippen molar-refractivity contribution in [1.82, 2.24) is 4.90 Å². The van der Waals surface area contributed by atoms with Crippen molar-refractivity contribution >= 4 is 23.3 Å². The van der Waals surface area contributed by atoms with E-state index in [1.807, 2.05) is 0 Å². The van der Waals surface area contributed by atoms with Crippen LogP contribution in [0.15, 0.2) is 36.4 Å². The molecule has 2 aliphatic rings. The van der Waals surface area contributed by atoms with Crippen LogP contribution in [-0.2, 0) is 4.79 Å². The summed E-state index contributed by atoms with van der Waals surface area (Å²) in [5, 5.41) is 0.607. The number of Topliss-reactive ketones (excluding diaryl/α,β-unsaturated/α-hetero) is 1. The van der Waals surface area contributed by atoms with E-state index >= 15 is 0 Å². The van der Waals surface area contributed by atoms with Crippen molar-refractivity contribution in [3.63, 3.8) is 0 Å². The first-order chi connectivity index (χ1) is 15.4. The van der Waals surface area contributed by atoms with Gasteiger partial charge in [-0.15, -0.1) is 0 Å². The number of ketones is 1. The van der Waals surface area contributed by atoms with Gasteiger partial charge in [0.05, 0.1) is 26.2 Å².